The molecule has 0 radical (unpaired) electrons. The van der Waals surface area contributed by atoms with E-state index in [0.29, 0.717) is 12.2 Å². The van der Waals surface area contributed by atoms with E-state index >= 15 is 0 Å². The van der Waals surface area contributed by atoms with Crippen molar-refractivity contribution in [2.75, 3.05) is 10.0 Å². The molecule has 0 bridgehead atoms. The molecular formula is C17H18N6O3S. The van der Waals surface area contributed by atoms with Gasteiger partial charge in [-0.15, -0.1) is 0 Å². The first-order chi connectivity index (χ1) is 12.9. The molecule has 2 N–H and O–H groups in total. The number of hydrogen-bond acceptors (Lipinski definition) is 6. The number of anilines is 2. The number of rotatable bonds is 7. The van der Waals surface area contributed by atoms with Crippen molar-refractivity contribution in [3.8, 4) is 0 Å². The highest BCUT2D eigenvalue weighted by atomic mass is 32.2. The minimum Gasteiger partial charge on any atom is -0.326 e. The van der Waals surface area contributed by atoms with Crippen LogP contribution in [0.5, 0.6) is 0 Å². The third-order valence-electron chi connectivity index (χ3n) is 3.72. The molecule has 27 heavy (non-hydrogen) atoms. The lowest BCUT2D eigenvalue weighted by Gasteiger charge is -2.09. The van der Waals surface area contributed by atoms with E-state index in [2.05, 4.69) is 25.1 Å². The summed E-state index contributed by atoms with van der Waals surface area (Å²) in [6, 6.07) is 9.31. The third kappa shape index (κ3) is 4.88. The number of aryl methyl sites for hydroxylation is 2. The van der Waals surface area contributed by atoms with Gasteiger partial charge < -0.3 is 5.32 Å². The standard InChI is InChI=1S/C17H18N6O3S/c1-13-7-11-20-23(13)12-8-16(24)21-14-3-5-15(6-4-14)27(25,26)22-17-18-9-2-10-19-17/h2-7,9-11H,8,12H2,1H3,(H,21,24)(H,18,19,22). The molecule has 1 amide bonds. The summed E-state index contributed by atoms with van der Waals surface area (Å²) in [6.07, 6.45) is 4.82. The van der Waals surface area contributed by atoms with Crippen LogP contribution in [0.2, 0.25) is 0 Å². The van der Waals surface area contributed by atoms with Crippen molar-refractivity contribution >= 4 is 27.6 Å². The molecular weight excluding hydrogens is 368 g/mol. The Hall–Kier alpha value is -3.27. The van der Waals surface area contributed by atoms with Gasteiger partial charge in [0.05, 0.1) is 4.90 Å². The van der Waals surface area contributed by atoms with Crippen molar-refractivity contribution in [2.24, 2.45) is 0 Å². The first kappa shape index (κ1) is 18.5. The first-order valence-electron chi connectivity index (χ1n) is 8.12. The molecule has 0 aliphatic rings. The molecule has 3 rings (SSSR count). The molecule has 0 saturated carbocycles. The van der Waals surface area contributed by atoms with Crippen LogP contribution >= 0.6 is 0 Å². The fourth-order valence-corrected chi connectivity index (χ4v) is 3.27. The van der Waals surface area contributed by atoms with Crippen molar-refractivity contribution in [1.29, 1.82) is 0 Å². The Morgan fingerprint density at radius 3 is 2.41 bits per heavy atom. The summed E-state index contributed by atoms with van der Waals surface area (Å²) in [7, 11) is -3.80. The minimum absolute atomic E-state index is 0.0104. The molecule has 1 aromatic carbocycles. The van der Waals surface area contributed by atoms with Crippen molar-refractivity contribution in [2.45, 2.75) is 24.8 Å². The van der Waals surface area contributed by atoms with Crippen LogP contribution in [0.4, 0.5) is 11.6 Å². The zero-order valence-electron chi connectivity index (χ0n) is 14.5. The quantitative estimate of drug-likeness (QED) is 0.639. The lowest BCUT2D eigenvalue weighted by atomic mass is 10.3. The topological polar surface area (TPSA) is 119 Å². The molecule has 10 heteroatoms. The van der Waals surface area contributed by atoms with Crippen LogP contribution in [-0.4, -0.2) is 34.1 Å². The van der Waals surface area contributed by atoms with Gasteiger partial charge in [-0.3, -0.25) is 9.48 Å². The largest absolute Gasteiger partial charge is 0.326 e. The van der Waals surface area contributed by atoms with E-state index < -0.39 is 10.0 Å². The van der Waals surface area contributed by atoms with Gasteiger partial charge in [-0.2, -0.15) is 5.10 Å². The van der Waals surface area contributed by atoms with Gasteiger partial charge in [-0.05, 0) is 43.3 Å². The number of carbonyl (C=O) groups is 1. The third-order valence-corrected chi connectivity index (χ3v) is 5.06. The fourth-order valence-electron chi connectivity index (χ4n) is 2.31. The van der Waals surface area contributed by atoms with Crippen LogP contribution in [0, 0.1) is 6.92 Å². The number of hydrogen-bond donors (Lipinski definition) is 2. The Labute approximate surface area is 156 Å². The molecule has 0 aliphatic carbocycles. The zero-order valence-corrected chi connectivity index (χ0v) is 15.3. The van der Waals surface area contributed by atoms with Gasteiger partial charge >= 0.3 is 0 Å². The normalized spacial score (nSPS) is 11.1. The monoisotopic (exact) mass is 386 g/mol. The number of carbonyl (C=O) groups excluding carboxylic acids is 1. The van der Waals surface area contributed by atoms with Gasteiger partial charge in [-0.1, -0.05) is 0 Å². The van der Waals surface area contributed by atoms with Crippen LogP contribution in [0.3, 0.4) is 0 Å². The van der Waals surface area contributed by atoms with Crippen molar-refractivity contribution in [3.05, 3.63) is 60.7 Å². The van der Waals surface area contributed by atoms with Gasteiger partial charge in [0.1, 0.15) is 0 Å². The van der Waals surface area contributed by atoms with Crippen molar-refractivity contribution in [3.63, 3.8) is 0 Å². The summed E-state index contributed by atoms with van der Waals surface area (Å²) in [5.74, 6) is -0.194. The van der Waals surface area contributed by atoms with E-state index in [1.807, 2.05) is 13.0 Å². The second-order valence-corrected chi connectivity index (χ2v) is 7.38. The predicted octanol–water partition coefficient (Wildman–Crippen LogP) is 1.81. The van der Waals surface area contributed by atoms with E-state index in [0.717, 1.165) is 5.69 Å². The highest BCUT2D eigenvalue weighted by Gasteiger charge is 2.15. The fraction of sp³-hybridized carbons (Fsp3) is 0.176. The van der Waals surface area contributed by atoms with E-state index in [-0.39, 0.29) is 23.2 Å². The molecule has 0 fully saturated rings. The SMILES string of the molecule is Cc1ccnn1CCC(=O)Nc1ccc(S(=O)(=O)Nc2ncccn2)cc1. The molecule has 3 aromatic rings. The predicted molar refractivity (Wildman–Crippen MR) is 99.5 cm³/mol. The molecule has 9 nitrogen and oxygen atoms in total. The Bertz CT molecular complexity index is 1020. The summed E-state index contributed by atoms with van der Waals surface area (Å²) in [5, 5.41) is 6.85. The summed E-state index contributed by atoms with van der Waals surface area (Å²) in [5.41, 5.74) is 1.49. The Morgan fingerprint density at radius 1 is 1.07 bits per heavy atom. The van der Waals surface area contributed by atoms with Crippen LogP contribution in [0.25, 0.3) is 0 Å². The smallest absolute Gasteiger partial charge is 0.264 e. The first-order valence-corrected chi connectivity index (χ1v) is 9.60. The van der Waals surface area contributed by atoms with Crippen LogP contribution in [0.15, 0.2) is 59.9 Å². The highest BCUT2D eigenvalue weighted by molar-refractivity contribution is 7.92. The van der Waals surface area contributed by atoms with Crippen molar-refractivity contribution < 1.29 is 13.2 Å². The summed E-state index contributed by atoms with van der Waals surface area (Å²) >= 11 is 0. The molecule has 2 aromatic heterocycles. The van der Waals surface area contributed by atoms with Crippen LogP contribution in [0.1, 0.15) is 12.1 Å². The Kier molecular flexibility index (Phi) is 5.46. The summed E-state index contributed by atoms with van der Waals surface area (Å²) < 4.78 is 28.7. The molecule has 0 atom stereocenters. The molecule has 0 unspecified atom stereocenters. The maximum atomic E-state index is 12.3. The Morgan fingerprint density at radius 2 is 1.78 bits per heavy atom. The van der Waals surface area contributed by atoms with Crippen molar-refractivity contribution in [1.82, 2.24) is 19.7 Å². The van der Waals surface area contributed by atoms with E-state index in [4.69, 9.17) is 0 Å². The lowest BCUT2D eigenvalue weighted by molar-refractivity contribution is -0.116. The number of sulfonamides is 1. The second kappa shape index (κ2) is 7.96. The van der Waals surface area contributed by atoms with Gasteiger partial charge in [0.2, 0.25) is 11.9 Å². The average Bonchev–Trinajstić information content (AvgIpc) is 3.06. The maximum absolute atomic E-state index is 12.3. The van der Waals surface area contributed by atoms with Crippen LogP contribution in [-0.2, 0) is 21.4 Å². The van der Waals surface area contributed by atoms with Crippen LogP contribution < -0.4 is 10.0 Å². The highest BCUT2D eigenvalue weighted by Crippen LogP contribution is 2.16. The van der Waals surface area contributed by atoms with E-state index in [1.54, 1.807) is 16.9 Å². The van der Waals surface area contributed by atoms with Gasteiger partial charge in [0.15, 0.2) is 0 Å². The second-order valence-electron chi connectivity index (χ2n) is 5.70. The summed E-state index contributed by atoms with van der Waals surface area (Å²) in [4.78, 5) is 19.7. The molecule has 140 valence electrons. The average molecular weight is 386 g/mol. The van der Waals surface area contributed by atoms with E-state index in [9.17, 15) is 13.2 Å². The lowest BCUT2D eigenvalue weighted by Crippen LogP contribution is -2.16. The molecule has 0 saturated heterocycles. The summed E-state index contributed by atoms with van der Waals surface area (Å²) in [6.45, 7) is 2.39. The number of amides is 1. The maximum Gasteiger partial charge on any atom is 0.264 e. The number of nitrogens with one attached hydrogen (secondary N) is 2. The minimum atomic E-state index is -3.80. The molecule has 0 spiro atoms. The van der Waals surface area contributed by atoms with Gasteiger partial charge in [0.25, 0.3) is 10.0 Å². The zero-order chi connectivity index (χ0) is 19.3. The number of benzene rings is 1. The number of aromatic nitrogens is 4. The Balaban J connectivity index is 1.59. The van der Waals surface area contributed by atoms with Gasteiger partial charge in [-0.25, -0.2) is 23.1 Å². The van der Waals surface area contributed by atoms with E-state index in [1.165, 1.54) is 36.7 Å². The van der Waals surface area contributed by atoms with Gasteiger partial charge in [0, 0.05) is 42.9 Å². The molecule has 2 heterocycles. The molecule has 0 aliphatic heterocycles. The number of nitrogens with zero attached hydrogens (tertiary/aromatic N) is 4.